The first-order valence-electron chi connectivity index (χ1n) is 6.08. The van der Waals surface area contributed by atoms with Crippen LogP contribution in [0.15, 0.2) is 16.5 Å². The number of rotatable bonds is 7. The lowest BCUT2D eigenvalue weighted by atomic mass is 10.3. The monoisotopic (exact) mass is 270 g/mol. The Kier molecular flexibility index (Phi) is 6.29. The smallest absolute Gasteiger partial charge is 0.232 e. The SMILES string of the molecule is CC(C)NCc1ccc(CSCC(=O)N(C)C)o1. The van der Waals surface area contributed by atoms with Gasteiger partial charge in [0.2, 0.25) is 5.91 Å². The fourth-order valence-electron chi connectivity index (χ4n) is 1.27. The lowest BCUT2D eigenvalue weighted by molar-refractivity contribution is -0.125. The Hall–Kier alpha value is -0.940. The summed E-state index contributed by atoms with van der Waals surface area (Å²) in [7, 11) is 3.54. The van der Waals surface area contributed by atoms with Crippen molar-refractivity contribution in [3.8, 4) is 0 Å². The van der Waals surface area contributed by atoms with Crippen molar-refractivity contribution < 1.29 is 9.21 Å². The van der Waals surface area contributed by atoms with E-state index in [1.165, 1.54) is 0 Å². The number of thioether (sulfide) groups is 1. The van der Waals surface area contributed by atoms with Gasteiger partial charge >= 0.3 is 0 Å². The van der Waals surface area contributed by atoms with Crippen LogP contribution in [0.1, 0.15) is 25.4 Å². The topological polar surface area (TPSA) is 45.5 Å². The molecule has 18 heavy (non-hydrogen) atoms. The molecule has 5 heteroatoms. The van der Waals surface area contributed by atoms with Gasteiger partial charge in [0, 0.05) is 20.1 Å². The van der Waals surface area contributed by atoms with Gasteiger partial charge < -0.3 is 14.6 Å². The normalized spacial score (nSPS) is 10.9. The van der Waals surface area contributed by atoms with Crippen LogP contribution in [0.5, 0.6) is 0 Å². The molecule has 0 saturated heterocycles. The zero-order valence-corrected chi connectivity index (χ0v) is 12.3. The molecule has 1 heterocycles. The van der Waals surface area contributed by atoms with E-state index >= 15 is 0 Å². The Balaban J connectivity index is 2.29. The van der Waals surface area contributed by atoms with Crippen molar-refractivity contribution in [1.29, 1.82) is 0 Å². The highest BCUT2D eigenvalue weighted by molar-refractivity contribution is 7.99. The van der Waals surface area contributed by atoms with Crippen molar-refractivity contribution in [3.63, 3.8) is 0 Å². The Morgan fingerprint density at radius 2 is 2.06 bits per heavy atom. The molecular weight excluding hydrogens is 248 g/mol. The van der Waals surface area contributed by atoms with Crippen LogP contribution in [0.3, 0.4) is 0 Å². The fourth-order valence-corrected chi connectivity index (χ4v) is 2.16. The molecule has 1 aromatic heterocycles. The van der Waals surface area contributed by atoms with E-state index in [2.05, 4.69) is 19.2 Å². The fraction of sp³-hybridized carbons (Fsp3) is 0.615. The third-order valence-electron chi connectivity index (χ3n) is 2.37. The number of carbonyl (C=O) groups is 1. The summed E-state index contributed by atoms with van der Waals surface area (Å²) in [6.07, 6.45) is 0. The maximum absolute atomic E-state index is 11.4. The van der Waals surface area contributed by atoms with E-state index in [0.717, 1.165) is 23.8 Å². The molecule has 0 bridgehead atoms. The molecular formula is C13H22N2O2S. The van der Waals surface area contributed by atoms with Crippen molar-refractivity contribution in [2.45, 2.75) is 32.2 Å². The highest BCUT2D eigenvalue weighted by Gasteiger charge is 2.06. The van der Waals surface area contributed by atoms with Gasteiger partial charge in [0.1, 0.15) is 11.5 Å². The first kappa shape index (κ1) is 15.1. The second kappa shape index (κ2) is 7.48. The first-order valence-corrected chi connectivity index (χ1v) is 7.23. The standard InChI is InChI=1S/C13H22N2O2S/c1-10(2)14-7-11-5-6-12(17-11)8-18-9-13(16)15(3)4/h5-6,10,14H,7-9H2,1-4H3. The second-order valence-electron chi connectivity index (χ2n) is 4.68. The van der Waals surface area contributed by atoms with Gasteiger partial charge in [-0.05, 0) is 12.1 Å². The molecule has 0 aromatic carbocycles. The Labute approximate surface area is 113 Å². The minimum atomic E-state index is 0.133. The van der Waals surface area contributed by atoms with Gasteiger partial charge in [-0.15, -0.1) is 11.8 Å². The van der Waals surface area contributed by atoms with Crippen LogP contribution in [0, 0.1) is 0 Å². The molecule has 0 aliphatic carbocycles. The molecule has 1 amide bonds. The first-order chi connectivity index (χ1) is 8.49. The van der Waals surface area contributed by atoms with E-state index in [9.17, 15) is 4.79 Å². The Morgan fingerprint density at radius 3 is 2.67 bits per heavy atom. The van der Waals surface area contributed by atoms with Crippen LogP contribution in [0.4, 0.5) is 0 Å². The van der Waals surface area contributed by atoms with Crippen molar-refractivity contribution in [1.82, 2.24) is 10.2 Å². The zero-order chi connectivity index (χ0) is 13.5. The van der Waals surface area contributed by atoms with Gasteiger partial charge in [-0.25, -0.2) is 0 Å². The van der Waals surface area contributed by atoms with Crippen molar-refractivity contribution >= 4 is 17.7 Å². The van der Waals surface area contributed by atoms with Crippen LogP contribution in [-0.2, 0) is 17.1 Å². The van der Waals surface area contributed by atoms with Gasteiger partial charge in [-0.3, -0.25) is 4.79 Å². The third-order valence-corrected chi connectivity index (χ3v) is 3.31. The summed E-state index contributed by atoms with van der Waals surface area (Å²) >= 11 is 1.58. The third kappa shape index (κ3) is 5.60. The molecule has 0 fully saturated rings. The summed E-state index contributed by atoms with van der Waals surface area (Å²) in [5.41, 5.74) is 0. The van der Waals surface area contributed by atoms with Gasteiger partial charge in [0.15, 0.2) is 0 Å². The molecule has 0 radical (unpaired) electrons. The molecule has 0 atom stereocenters. The summed E-state index contributed by atoms with van der Waals surface area (Å²) in [5, 5.41) is 3.30. The lowest BCUT2D eigenvalue weighted by Gasteiger charge is -2.08. The van der Waals surface area contributed by atoms with Gasteiger partial charge in [0.05, 0.1) is 18.1 Å². The zero-order valence-electron chi connectivity index (χ0n) is 11.5. The molecule has 102 valence electrons. The summed E-state index contributed by atoms with van der Waals surface area (Å²) in [6, 6.07) is 4.41. The Bertz CT molecular complexity index is 375. The number of nitrogens with one attached hydrogen (secondary N) is 1. The van der Waals surface area contributed by atoms with Crippen LogP contribution in [0.2, 0.25) is 0 Å². The predicted octanol–water partition coefficient (Wildman–Crippen LogP) is 2.10. The highest BCUT2D eigenvalue weighted by Crippen LogP contribution is 2.15. The minimum Gasteiger partial charge on any atom is -0.464 e. The van der Waals surface area contributed by atoms with E-state index in [-0.39, 0.29) is 5.91 Å². The molecule has 0 spiro atoms. The average molecular weight is 270 g/mol. The number of carbonyl (C=O) groups excluding carboxylic acids is 1. The van der Waals surface area contributed by atoms with Crippen LogP contribution in [-0.4, -0.2) is 36.7 Å². The maximum Gasteiger partial charge on any atom is 0.232 e. The minimum absolute atomic E-state index is 0.133. The van der Waals surface area contributed by atoms with Crippen molar-refractivity contribution in [3.05, 3.63) is 23.7 Å². The van der Waals surface area contributed by atoms with E-state index in [1.807, 2.05) is 12.1 Å². The molecule has 0 aliphatic heterocycles. The number of amides is 1. The highest BCUT2D eigenvalue weighted by atomic mass is 32.2. The Morgan fingerprint density at radius 1 is 1.39 bits per heavy atom. The van der Waals surface area contributed by atoms with Gasteiger partial charge in [-0.2, -0.15) is 0 Å². The number of hydrogen-bond acceptors (Lipinski definition) is 4. The summed E-state index contributed by atoms with van der Waals surface area (Å²) < 4.78 is 5.67. The predicted molar refractivity (Wildman–Crippen MR) is 75.5 cm³/mol. The van der Waals surface area contributed by atoms with Gasteiger partial charge in [0.25, 0.3) is 0 Å². The maximum atomic E-state index is 11.4. The molecule has 0 saturated carbocycles. The second-order valence-corrected chi connectivity index (χ2v) is 5.67. The van der Waals surface area contributed by atoms with Crippen LogP contribution in [0.25, 0.3) is 0 Å². The summed E-state index contributed by atoms with van der Waals surface area (Å²) in [5.74, 6) is 3.23. The number of furan rings is 1. The quantitative estimate of drug-likeness (QED) is 0.824. The largest absolute Gasteiger partial charge is 0.464 e. The molecule has 0 aliphatic rings. The van der Waals surface area contributed by atoms with Gasteiger partial charge in [-0.1, -0.05) is 13.8 Å². The number of nitrogens with zero attached hydrogens (tertiary/aromatic N) is 1. The van der Waals surface area contributed by atoms with Crippen LogP contribution >= 0.6 is 11.8 Å². The lowest BCUT2D eigenvalue weighted by Crippen LogP contribution is -2.23. The van der Waals surface area contributed by atoms with E-state index in [4.69, 9.17) is 4.42 Å². The molecule has 1 aromatic rings. The summed E-state index contributed by atoms with van der Waals surface area (Å²) in [4.78, 5) is 13.0. The van der Waals surface area contributed by atoms with E-state index in [0.29, 0.717) is 11.8 Å². The van der Waals surface area contributed by atoms with Crippen molar-refractivity contribution in [2.24, 2.45) is 0 Å². The molecule has 1 rings (SSSR count). The molecule has 1 N–H and O–H groups in total. The average Bonchev–Trinajstić information content (AvgIpc) is 2.74. The van der Waals surface area contributed by atoms with E-state index < -0.39 is 0 Å². The number of hydrogen-bond donors (Lipinski definition) is 1. The molecule has 0 unspecified atom stereocenters. The molecule has 4 nitrogen and oxygen atoms in total. The van der Waals surface area contributed by atoms with Crippen LogP contribution < -0.4 is 5.32 Å². The van der Waals surface area contributed by atoms with Crippen molar-refractivity contribution in [2.75, 3.05) is 19.8 Å². The summed E-state index contributed by atoms with van der Waals surface area (Å²) in [6.45, 7) is 4.96. The van der Waals surface area contributed by atoms with E-state index in [1.54, 1.807) is 30.8 Å².